The van der Waals surface area contributed by atoms with Crippen molar-refractivity contribution < 1.29 is 32.5 Å². The molecule has 194 valence electrons. The molecular formula is C26H29F3N2O5. The number of amides is 1. The maximum Gasteiger partial charge on any atom is 0.412 e. The highest BCUT2D eigenvalue weighted by Crippen LogP contribution is 2.37. The van der Waals surface area contributed by atoms with E-state index < -0.39 is 24.2 Å². The number of fused-ring (bicyclic) bond motifs is 1. The van der Waals surface area contributed by atoms with Crippen molar-refractivity contribution in [3.8, 4) is 11.5 Å². The molecule has 1 amide bonds. The molecular weight excluding hydrogens is 477 g/mol. The highest BCUT2D eigenvalue weighted by Gasteiger charge is 2.28. The van der Waals surface area contributed by atoms with Gasteiger partial charge in [0.2, 0.25) is 0 Å². The van der Waals surface area contributed by atoms with E-state index in [0.29, 0.717) is 5.75 Å². The van der Waals surface area contributed by atoms with Gasteiger partial charge in [0.15, 0.2) is 11.6 Å². The summed E-state index contributed by atoms with van der Waals surface area (Å²) in [5, 5.41) is 10.2. The number of alkyl halides is 3. The zero-order chi connectivity index (χ0) is 26.5. The maximum atomic E-state index is 13.4. The van der Waals surface area contributed by atoms with E-state index in [4.69, 9.17) is 9.47 Å². The number of hydrogen-bond acceptors (Lipinski definition) is 4. The number of ether oxygens (including phenoxy) is 2. The van der Waals surface area contributed by atoms with Crippen molar-refractivity contribution in [1.29, 1.82) is 0 Å². The Bertz CT molecular complexity index is 1260. The summed E-state index contributed by atoms with van der Waals surface area (Å²) < 4.78 is 51.0. The van der Waals surface area contributed by atoms with Gasteiger partial charge in [0, 0.05) is 25.4 Å². The second kappa shape index (κ2) is 11.4. The molecule has 3 rings (SSSR count). The molecule has 36 heavy (non-hydrogen) atoms. The van der Waals surface area contributed by atoms with Crippen molar-refractivity contribution >= 4 is 22.7 Å². The Morgan fingerprint density at radius 3 is 2.39 bits per heavy atom. The quantitative estimate of drug-likeness (QED) is 0.338. The van der Waals surface area contributed by atoms with E-state index >= 15 is 0 Å². The average molecular weight is 507 g/mol. The molecule has 10 heteroatoms. The van der Waals surface area contributed by atoms with Gasteiger partial charge in [0.1, 0.15) is 12.4 Å². The Morgan fingerprint density at radius 2 is 1.78 bits per heavy atom. The lowest BCUT2D eigenvalue weighted by atomic mass is 10.1. The van der Waals surface area contributed by atoms with Crippen molar-refractivity contribution in [2.24, 2.45) is 5.92 Å². The van der Waals surface area contributed by atoms with Gasteiger partial charge >= 0.3 is 12.3 Å². The number of halogens is 3. The van der Waals surface area contributed by atoms with Gasteiger partial charge in [0.25, 0.3) is 5.56 Å². The van der Waals surface area contributed by atoms with Crippen LogP contribution in [-0.4, -0.2) is 35.6 Å². The monoisotopic (exact) mass is 506 g/mol. The Balaban J connectivity index is 2.12. The largest absolute Gasteiger partial charge is 0.489 e. The van der Waals surface area contributed by atoms with Crippen molar-refractivity contribution in [1.82, 2.24) is 4.57 Å². The molecule has 0 spiro atoms. The van der Waals surface area contributed by atoms with Crippen molar-refractivity contribution in [2.45, 2.75) is 46.0 Å². The zero-order valence-electron chi connectivity index (χ0n) is 20.3. The number of aromatic nitrogens is 1. The molecule has 0 aliphatic rings. The molecule has 0 unspecified atom stereocenters. The fourth-order valence-corrected chi connectivity index (χ4v) is 3.76. The minimum absolute atomic E-state index is 0.0162. The molecule has 7 nitrogen and oxygen atoms in total. The third-order valence-corrected chi connectivity index (χ3v) is 5.42. The van der Waals surface area contributed by atoms with E-state index in [1.165, 1.54) is 11.6 Å². The van der Waals surface area contributed by atoms with E-state index in [9.17, 15) is 27.9 Å². The van der Waals surface area contributed by atoms with E-state index in [0.717, 1.165) is 10.5 Å². The van der Waals surface area contributed by atoms with Crippen LogP contribution in [0.15, 0.2) is 53.3 Å². The van der Waals surface area contributed by atoms with Gasteiger partial charge in [-0.1, -0.05) is 44.2 Å². The number of rotatable bonds is 10. The standard InChI is InChI=1S/C26H29F3N2O5/c1-17(2)15-31-23(30(3)25(33)34)22(35-13-7-12-26(27,28)29)21-14-19(10-11-20(21)24(31)32)36-16-18-8-5-4-6-9-18/h4-6,8-11,14,17H,7,12-13,15-16H2,1-3H3,(H,33,34). The zero-order valence-corrected chi connectivity index (χ0v) is 20.3. The molecule has 0 aliphatic heterocycles. The summed E-state index contributed by atoms with van der Waals surface area (Å²) in [7, 11) is 1.26. The van der Waals surface area contributed by atoms with Gasteiger partial charge in [-0.05, 0) is 36.1 Å². The number of carbonyl (C=O) groups is 1. The second-order valence-electron chi connectivity index (χ2n) is 8.85. The molecule has 3 aromatic rings. The second-order valence-corrected chi connectivity index (χ2v) is 8.85. The number of carboxylic acid groups (broad SMARTS) is 1. The number of anilines is 1. The van der Waals surface area contributed by atoms with Gasteiger partial charge in [-0.15, -0.1) is 0 Å². The number of benzene rings is 2. The molecule has 0 atom stereocenters. The summed E-state index contributed by atoms with van der Waals surface area (Å²) >= 11 is 0. The first-order valence-electron chi connectivity index (χ1n) is 11.5. The molecule has 1 aromatic heterocycles. The van der Waals surface area contributed by atoms with Gasteiger partial charge in [-0.3, -0.25) is 14.3 Å². The van der Waals surface area contributed by atoms with Crippen molar-refractivity contribution in [3.63, 3.8) is 0 Å². The predicted molar refractivity (Wildman–Crippen MR) is 131 cm³/mol. The first-order chi connectivity index (χ1) is 17.0. The molecule has 0 fully saturated rings. The molecule has 0 radical (unpaired) electrons. The summed E-state index contributed by atoms with van der Waals surface area (Å²) in [6.07, 6.45) is -7.06. The highest BCUT2D eigenvalue weighted by atomic mass is 19.4. The van der Waals surface area contributed by atoms with Crippen LogP contribution in [0.2, 0.25) is 0 Å². The van der Waals surface area contributed by atoms with Crippen LogP contribution in [-0.2, 0) is 13.2 Å². The molecule has 1 N–H and O–H groups in total. The van der Waals surface area contributed by atoms with E-state index in [1.54, 1.807) is 18.2 Å². The van der Waals surface area contributed by atoms with Gasteiger partial charge < -0.3 is 14.6 Å². The topological polar surface area (TPSA) is 81.0 Å². The fraction of sp³-hybridized carbons (Fsp3) is 0.385. The first kappa shape index (κ1) is 26.9. The number of nitrogens with zero attached hydrogens (tertiary/aromatic N) is 2. The molecule has 0 bridgehead atoms. The van der Waals surface area contributed by atoms with Crippen LogP contribution < -0.4 is 19.9 Å². The van der Waals surface area contributed by atoms with Crippen LogP contribution in [0.3, 0.4) is 0 Å². The lowest BCUT2D eigenvalue weighted by Crippen LogP contribution is -2.34. The molecule has 0 saturated carbocycles. The van der Waals surface area contributed by atoms with Gasteiger partial charge in [-0.25, -0.2) is 4.79 Å². The predicted octanol–water partition coefficient (Wildman–Crippen LogP) is 6.07. The fourth-order valence-electron chi connectivity index (χ4n) is 3.76. The van der Waals surface area contributed by atoms with Crippen LogP contribution in [0, 0.1) is 5.92 Å². The maximum absolute atomic E-state index is 13.4. The summed E-state index contributed by atoms with van der Waals surface area (Å²) in [5.74, 6) is 0.354. The molecule has 0 aliphatic carbocycles. The average Bonchev–Trinajstić information content (AvgIpc) is 2.82. The lowest BCUT2D eigenvalue weighted by molar-refractivity contribution is -0.136. The van der Waals surface area contributed by atoms with Crippen molar-refractivity contribution in [3.05, 3.63) is 64.4 Å². The smallest absolute Gasteiger partial charge is 0.412 e. The number of pyridine rings is 1. The Hall–Kier alpha value is -3.69. The van der Waals surface area contributed by atoms with Gasteiger partial charge in [-0.2, -0.15) is 13.2 Å². The Kier molecular flexibility index (Phi) is 8.49. The summed E-state index contributed by atoms with van der Waals surface area (Å²) in [6, 6.07) is 14.1. The van der Waals surface area contributed by atoms with E-state index in [1.807, 2.05) is 44.2 Å². The first-order valence-corrected chi connectivity index (χ1v) is 11.5. The summed E-state index contributed by atoms with van der Waals surface area (Å²) in [6.45, 7) is 3.86. The van der Waals surface area contributed by atoms with Crippen LogP contribution in [0.5, 0.6) is 11.5 Å². The highest BCUT2D eigenvalue weighted by molar-refractivity contribution is 5.97. The van der Waals surface area contributed by atoms with Crippen LogP contribution >= 0.6 is 0 Å². The SMILES string of the molecule is CC(C)Cn1c(N(C)C(=O)O)c(OCCCC(F)(F)F)c2cc(OCc3ccccc3)ccc2c1=O. The van der Waals surface area contributed by atoms with Crippen molar-refractivity contribution in [2.75, 3.05) is 18.6 Å². The molecule has 1 heterocycles. The van der Waals surface area contributed by atoms with Crippen LogP contribution in [0.25, 0.3) is 10.8 Å². The molecule has 2 aromatic carbocycles. The summed E-state index contributed by atoms with van der Waals surface area (Å²) in [5.41, 5.74) is 0.485. The minimum atomic E-state index is -4.35. The van der Waals surface area contributed by atoms with Gasteiger partial charge in [0.05, 0.1) is 12.0 Å². The Morgan fingerprint density at radius 1 is 1.08 bits per heavy atom. The number of hydrogen-bond donors (Lipinski definition) is 1. The lowest BCUT2D eigenvalue weighted by Gasteiger charge is -2.25. The third-order valence-electron chi connectivity index (χ3n) is 5.42. The molecule has 0 saturated heterocycles. The normalized spacial score (nSPS) is 11.6. The summed E-state index contributed by atoms with van der Waals surface area (Å²) in [4.78, 5) is 26.2. The van der Waals surface area contributed by atoms with E-state index in [-0.39, 0.29) is 54.4 Å². The third kappa shape index (κ3) is 6.71. The van der Waals surface area contributed by atoms with Crippen LogP contribution in [0.4, 0.5) is 23.8 Å². The van der Waals surface area contributed by atoms with E-state index in [2.05, 4.69) is 0 Å². The minimum Gasteiger partial charge on any atom is -0.489 e. The van der Waals surface area contributed by atoms with Crippen LogP contribution in [0.1, 0.15) is 32.3 Å². The Labute approximate surface area is 206 Å².